The molecule has 0 aliphatic carbocycles. The highest BCUT2D eigenvalue weighted by Crippen LogP contribution is 2.41. The van der Waals surface area contributed by atoms with Crippen LogP contribution in [0, 0.1) is 0 Å². The van der Waals surface area contributed by atoms with E-state index < -0.39 is 0 Å². The van der Waals surface area contributed by atoms with E-state index in [0.717, 1.165) is 11.1 Å². The molecular weight excluding hydrogens is 596 g/mol. The lowest BCUT2D eigenvalue weighted by Crippen LogP contribution is -2.05. The highest BCUT2D eigenvalue weighted by molar-refractivity contribution is 9.24. The number of aromatic nitrogens is 2. The Morgan fingerprint density at radius 3 is 1.15 bits per heavy atom. The fourth-order valence-electron chi connectivity index (χ4n) is 2.43. The number of aromatic hydroxyl groups is 2. The Labute approximate surface area is 184 Å². The van der Waals surface area contributed by atoms with Gasteiger partial charge in [0.1, 0.15) is 19.0 Å². The highest BCUT2D eigenvalue weighted by Gasteiger charge is 2.22. The topological polar surface area (TPSA) is 66.2 Å². The Morgan fingerprint density at radius 2 is 0.885 bits per heavy atom. The molecule has 0 radical (unpaired) electrons. The van der Waals surface area contributed by atoms with Crippen molar-refractivity contribution in [2.75, 3.05) is 0 Å². The smallest absolute Gasteiger partial charge is 0.115 e. The second-order valence-electron chi connectivity index (χ2n) is 5.39. The molecule has 0 aliphatic heterocycles. The van der Waals surface area contributed by atoms with Crippen molar-refractivity contribution >= 4 is 63.7 Å². The zero-order valence-electron chi connectivity index (χ0n) is 13.1. The van der Waals surface area contributed by atoms with Gasteiger partial charge in [-0.3, -0.25) is 0 Å². The number of hydrogen-bond donors (Lipinski definition) is 2. The third kappa shape index (κ3) is 4.30. The largest absolute Gasteiger partial charge is 0.508 e. The molecule has 0 saturated carbocycles. The predicted octanol–water partition coefficient (Wildman–Crippen LogP) is 6.80. The lowest BCUT2D eigenvalue weighted by molar-refractivity contribution is 0.475. The van der Waals surface area contributed by atoms with E-state index in [1.807, 2.05) is 0 Å². The first-order valence-electron chi connectivity index (χ1n) is 7.43. The van der Waals surface area contributed by atoms with Crippen molar-refractivity contribution in [1.82, 2.24) is 9.97 Å². The normalized spacial score (nSPS) is 11.3. The van der Waals surface area contributed by atoms with Gasteiger partial charge in [0.2, 0.25) is 0 Å². The summed E-state index contributed by atoms with van der Waals surface area (Å²) in [5.74, 6) is 0.384. The summed E-state index contributed by atoms with van der Waals surface area (Å²) in [5.41, 5.74) is 4.50. The number of alkyl halides is 4. The number of rotatable bonds is 4. The molecule has 4 nitrogen and oxygen atoms in total. The molecule has 134 valence electrons. The molecule has 0 fully saturated rings. The molecule has 0 atom stereocenters. The maximum atomic E-state index is 9.55. The molecule has 3 aromatic rings. The van der Waals surface area contributed by atoms with Crippen LogP contribution in [-0.4, -0.2) is 20.2 Å². The van der Waals surface area contributed by atoms with E-state index in [0.29, 0.717) is 22.8 Å². The van der Waals surface area contributed by atoms with Gasteiger partial charge in [0, 0.05) is 11.1 Å². The first-order valence-corrected chi connectivity index (χ1v) is 11.1. The van der Waals surface area contributed by atoms with Gasteiger partial charge in [-0.05, 0) is 48.5 Å². The van der Waals surface area contributed by atoms with Crippen molar-refractivity contribution in [1.29, 1.82) is 0 Å². The SMILES string of the molecule is Oc1ccc(-c2nc(C(Br)Br)c(-c3ccc(O)cc3)nc2C(Br)Br)cc1. The van der Waals surface area contributed by atoms with E-state index in [-0.39, 0.29) is 19.0 Å². The van der Waals surface area contributed by atoms with E-state index in [1.54, 1.807) is 48.5 Å². The summed E-state index contributed by atoms with van der Waals surface area (Å²) < 4.78 is -0.416. The van der Waals surface area contributed by atoms with Crippen molar-refractivity contribution in [3.63, 3.8) is 0 Å². The van der Waals surface area contributed by atoms with Gasteiger partial charge < -0.3 is 10.2 Å². The third-order valence-electron chi connectivity index (χ3n) is 3.64. The maximum Gasteiger partial charge on any atom is 0.115 e. The average molecular weight is 608 g/mol. The number of nitrogens with zero attached hydrogens (tertiary/aromatic N) is 2. The summed E-state index contributed by atoms with van der Waals surface area (Å²) in [4.78, 5) is 9.66. The Hall–Kier alpha value is -0.960. The van der Waals surface area contributed by atoms with Crippen molar-refractivity contribution in [2.24, 2.45) is 0 Å². The molecule has 26 heavy (non-hydrogen) atoms. The van der Waals surface area contributed by atoms with Crippen LogP contribution in [0.25, 0.3) is 22.5 Å². The predicted molar refractivity (Wildman–Crippen MR) is 117 cm³/mol. The molecule has 8 heteroatoms. The fourth-order valence-corrected chi connectivity index (χ4v) is 3.71. The van der Waals surface area contributed by atoms with Crippen LogP contribution in [0.15, 0.2) is 48.5 Å². The molecule has 0 spiro atoms. The second kappa shape index (κ2) is 8.37. The van der Waals surface area contributed by atoms with Crippen LogP contribution in [-0.2, 0) is 0 Å². The first-order chi connectivity index (χ1) is 12.4. The van der Waals surface area contributed by atoms with E-state index in [2.05, 4.69) is 63.7 Å². The Kier molecular flexibility index (Phi) is 6.37. The molecule has 0 aliphatic rings. The maximum absolute atomic E-state index is 9.55. The lowest BCUT2D eigenvalue weighted by Gasteiger charge is -2.16. The highest BCUT2D eigenvalue weighted by atomic mass is 79.9. The standard InChI is InChI=1S/C18H12Br4N2O2/c19-17(20)15-13(9-1-5-11(25)6-2-9)23-16(18(21)22)14(24-15)10-3-7-12(26)8-4-10/h1-8,17-18,25-26H. The molecule has 1 heterocycles. The number of phenolic OH excluding ortho intramolecular Hbond substituents is 2. The molecule has 0 bridgehead atoms. The molecule has 0 amide bonds. The minimum absolute atomic E-state index is 0.192. The van der Waals surface area contributed by atoms with E-state index in [4.69, 9.17) is 9.97 Å². The number of hydrogen-bond acceptors (Lipinski definition) is 4. The summed E-state index contributed by atoms with van der Waals surface area (Å²) in [6, 6.07) is 13.7. The van der Waals surface area contributed by atoms with Crippen LogP contribution >= 0.6 is 63.7 Å². The summed E-state index contributed by atoms with van der Waals surface area (Å²) in [6.07, 6.45) is 0. The summed E-state index contributed by atoms with van der Waals surface area (Å²) in [6.45, 7) is 0. The van der Waals surface area contributed by atoms with Gasteiger partial charge in [-0.15, -0.1) is 0 Å². The van der Waals surface area contributed by atoms with Crippen LogP contribution in [0.1, 0.15) is 18.9 Å². The van der Waals surface area contributed by atoms with Gasteiger partial charge in [0.25, 0.3) is 0 Å². The number of benzene rings is 2. The Bertz CT molecular complexity index is 836. The van der Waals surface area contributed by atoms with E-state index in [1.165, 1.54) is 0 Å². The molecule has 2 aromatic carbocycles. The molecule has 0 unspecified atom stereocenters. The third-order valence-corrected chi connectivity index (χ3v) is 5.38. The van der Waals surface area contributed by atoms with Crippen molar-refractivity contribution < 1.29 is 10.2 Å². The molecular formula is C18H12Br4N2O2. The summed E-state index contributed by atoms with van der Waals surface area (Å²) >= 11 is 14.1. The van der Waals surface area contributed by atoms with Crippen molar-refractivity contribution in [3.8, 4) is 34.0 Å². The van der Waals surface area contributed by atoms with E-state index in [9.17, 15) is 10.2 Å². The number of halogens is 4. The second-order valence-corrected chi connectivity index (χ2v) is 11.5. The Morgan fingerprint density at radius 1 is 0.577 bits per heavy atom. The first kappa shape index (κ1) is 19.8. The van der Waals surface area contributed by atoms with Gasteiger partial charge in [-0.25, -0.2) is 9.97 Å². The van der Waals surface area contributed by atoms with Gasteiger partial charge >= 0.3 is 0 Å². The lowest BCUT2D eigenvalue weighted by atomic mass is 10.1. The van der Waals surface area contributed by atoms with Gasteiger partial charge in [-0.2, -0.15) is 0 Å². The fraction of sp³-hybridized carbons (Fsp3) is 0.111. The van der Waals surface area contributed by atoms with Crippen LogP contribution < -0.4 is 0 Å². The zero-order valence-corrected chi connectivity index (χ0v) is 19.4. The van der Waals surface area contributed by atoms with Crippen LogP contribution in [0.5, 0.6) is 11.5 Å². The summed E-state index contributed by atoms with van der Waals surface area (Å²) in [5, 5.41) is 19.1. The van der Waals surface area contributed by atoms with Gasteiger partial charge in [-0.1, -0.05) is 63.7 Å². The minimum Gasteiger partial charge on any atom is -0.508 e. The van der Waals surface area contributed by atoms with Crippen LogP contribution in [0.3, 0.4) is 0 Å². The number of phenols is 2. The average Bonchev–Trinajstić information content (AvgIpc) is 2.62. The zero-order chi connectivity index (χ0) is 18.8. The molecule has 3 rings (SSSR count). The minimum atomic E-state index is -0.208. The monoisotopic (exact) mass is 604 g/mol. The van der Waals surface area contributed by atoms with Gasteiger partial charge in [0.15, 0.2) is 0 Å². The Balaban J connectivity index is 2.25. The summed E-state index contributed by atoms with van der Waals surface area (Å²) in [7, 11) is 0. The van der Waals surface area contributed by atoms with Crippen LogP contribution in [0.2, 0.25) is 0 Å². The van der Waals surface area contributed by atoms with E-state index >= 15 is 0 Å². The van der Waals surface area contributed by atoms with Crippen molar-refractivity contribution in [3.05, 3.63) is 59.9 Å². The molecule has 0 saturated heterocycles. The van der Waals surface area contributed by atoms with Crippen molar-refractivity contribution in [2.45, 2.75) is 7.47 Å². The molecule has 1 aromatic heterocycles. The molecule has 2 N–H and O–H groups in total. The quantitative estimate of drug-likeness (QED) is 0.320. The van der Waals surface area contributed by atoms with Gasteiger partial charge in [0.05, 0.1) is 22.8 Å². The van der Waals surface area contributed by atoms with Crippen LogP contribution in [0.4, 0.5) is 0 Å².